The van der Waals surface area contributed by atoms with E-state index >= 15 is 0 Å². The predicted molar refractivity (Wildman–Crippen MR) is 101 cm³/mol. The van der Waals surface area contributed by atoms with E-state index in [1.54, 1.807) is 0 Å². The molecule has 0 radical (unpaired) electrons. The Morgan fingerprint density at radius 1 is 1.12 bits per heavy atom. The van der Waals surface area contributed by atoms with Crippen molar-refractivity contribution in [2.24, 2.45) is 0 Å². The van der Waals surface area contributed by atoms with Crippen molar-refractivity contribution in [1.82, 2.24) is 10.6 Å². The van der Waals surface area contributed by atoms with E-state index in [-0.39, 0.29) is 12.6 Å². The molecule has 1 aliphatic rings. The summed E-state index contributed by atoms with van der Waals surface area (Å²) < 4.78 is 0. The fraction of sp³-hybridized carbons (Fsp3) is 0.579. The molecule has 1 aliphatic heterocycles. The number of carbonyl (C=O) groups excluding carboxylic acids is 2. The van der Waals surface area contributed by atoms with Crippen molar-refractivity contribution >= 4 is 17.5 Å². The maximum absolute atomic E-state index is 12.0. The standard InChI is InChI=1S/C19H30N4O3/c1-22(2)16-8-6-15(7-9-16)17(23-11-3-4-12-23)14-21-19(26)18(25)20-10-5-13-24/h6-9,17,24H,3-5,10-14H2,1-2H3,(H,20,25)(H,21,26)/p+1/t17-/m1/s1. The summed E-state index contributed by atoms with van der Waals surface area (Å²) in [5.74, 6) is -1.26. The number of quaternary nitrogens is 1. The molecule has 2 amide bonds. The lowest BCUT2D eigenvalue weighted by atomic mass is 10.0. The summed E-state index contributed by atoms with van der Waals surface area (Å²) in [5, 5.41) is 14.0. The lowest BCUT2D eigenvalue weighted by Gasteiger charge is -2.25. The molecule has 7 nitrogen and oxygen atoms in total. The maximum atomic E-state index is 12.0. The molecule has 0 spiro atoms. The molecule has 0 aliphatic carbocycles. The Hall–Kier alpha value is -2.12. The molecular weight excluding hydrogens is 332 g/mol. The van der Waals surface area contributed by atoms with Crippen LogP contribution in [-0.2, 0) is 9.59 Å². The Labute approximate surface area is 155 Å². The molecule has 7 heteroatoms. The number of aliphatic hydroxyl groups excluding tert-OH is 1. The van der Waals surface area contributed by atoms with Gasteiger partial charge >= 0.3 is 11.8 Å². The largest absolute Gasteiger partial charge is 0.396 e. The first kappa shape index (κ1) is 20.2. The molecule has 1 saturated heterocycles. The lowest BCUT2D eigenvalue weighted by Crippen LogP contribution is -3.11. The molecule has 26 heavy (non-hydrogen) atoms. The Kier molecular flexibility index (Phi) is 7.87. The van der Waals surface area contributed by atoms with Crippen molar-refractivity contribution in [3.05, 3.63) is 29.8 Å². The lowest BCUT2D eigenvalue weighted by molar-refractivity contribution is -0.918. The molecule has 1 fully saturated rings. The second-order valence-electron chi connectivity index (χ2n) is 6.95. The van der Waals surface area contributed by atoms with Gasteiger partial charge in [0.1, 0.15) is 6.04 Å². The minimum Gasteiger partial charge on any atom is -0.396 e. The van der Waals surface area contributed by atoms with Crippen molar-refractivity contribution < 1.29 is 19.6 Å². The van der Waals surface area contributed by atoms with Crippen molar-refractivity contribution in [1.29, 1.82) is 0 Å². The van der Waals surface area contributed by atoms with Crippen LogP contribution in [0.1, 0.15) is 30.9 Å². The number of likely N-dealkylation sites (tertiary alicyclic amines) is 1. The fourth-order valence-corrected chi connectivity index (χ4v) is 3.32. The smallest absolute Gasteiger partial charge is 0.309 e. The van der Waals surface area contributed by atoms with E-state index in [2.05, 4.69) is 39.8 Å². The topological polar surface area (TPSA) is 86.1 Å². The summed E-state index contributed by atoms with van der Waals surface area (Å²) in [5.41, 5.74) is 2.31. The zero-order valence-corrected chi connectivity index (χ0v) is 15.8. The van der Waals surface area contributed by atoms with Crippen LogP contribution in [0.2, 0.25) is 0 Å². The number of nitrogens with zero attached hydrogens (tertiary/aromatic N) is 1. The summed E-state index contributed by atoms with van der Waals surface area (Å²) >= 11 is 0. The average Bonchev–Trinajstić information content (AvgIpc) is 3.16. The molecule has 1 heterocycles. The van der Waals surface area contributed by atoms with Gasteiger partial charge in [0.25, 0.3) is 0 Å². The fourth-order valence-electron chi connectivity index (χ4n) is 3.32. The molecule has 1 aromatic rings. The van der Waals surface area contributed by atoms with E-state index in [4.69, 9.17) is 5.11 Å². The van der Waals surface area contributed by atoms with Gasteiger partial charge in [-0.2, -0.15) is 0 Å². The molecule has 144 valence electrons. The van der Waals surface area contributed by atoms with Crippen LogP contribution in [0.3, 0.4) is 0 Å². The number of carbonyl (C=O) groups is 2. The van der Waals surface area contributed by atoms with Crippen LogP contribution in [0.4, 0.5) is 5.69 Å². The monoisotopic (exact) mass is 363 g/mol. The Morgan fingerprint density at radius 3 is 2.31 bits per heavy atom. The number of hydrogen-bond donors (Lipinski definition) is 4. The number of rotatable bonds is 8. The first-order valence-corrected chi connectivity index (χ1v) is 9.31. The average molecular weight is 363 g/mol. The van der Waals surface area contributed by atoms with Crippen LogP contribution < -0.4 is 20.4 Å². The highest BCUT2D eigenvalue weighted by molar-refractivity contribution is 6.35. The Morgan fingerprint density at radius 2 is 1.73 bits per heavy atom. The van der Waals surface area contributed by atoms with Crippen LogP contribution in [0.15, 0.2) is 24.3 Å². The summed E-state index contributed by atoms with van der Waals surface area (Å²) in [6.07, 6.45) is 2.83. The summed E-state index contributed by atoms with van der Waals surface area (Å²) in [4.78, 5) is 27.3. The van der Waals surface area contributed by atoms with Gasteiger partial charge in [-0.3, -0.25) is 9.59 Å². The van der Waals surface area contributed by atoms with E-state index in [0.29, 0.717) is 19.5 Å². The predicted octanol–water partition coefficient (Wildman–Crippen LogP) is -0.913. The number of amides is 2. The highest BCUT2D eigenvalue weighted by Crippen LogP contribution is 2.17. The molecule has 1 aromatic carbocycles. The second kappa shape index (κ2) is 10.1. The third-order valence-electron chi connectivity index (χ3n) is 4.84. The first-order valence-electron chi connectivity index (χ1n) is 9.31. The molecule has 4 N–H and O–H groups in total. The molecule has 1 atom stereocenters. The minimum atomic E-state index is -0.642. The van der Waals surface area contributed by atoms with Gasteiger partial charge in [-0.25, -0.2) is 0 Å². The highest BCUT2D eigenvalue weighted by atomic mass is 16.3. The maximum Gasteiger partial charge on any atom is 0.309 e. The number of hydrogen-bond acceptors (Lipinski definition) is 4. The third kappa shape index (κ3) is 5.71. The molecule has 0 saturated carbocycles. The van der Waals surface area contributed by atoms with E-state index in [1.165, 1.54) is 23.3 Å². The third-order valence-corrected chi connectivity index (χ3v) is 4.84. The van der Waals surface area contributed by atoms with Crippen molar-refractivity contribution in [3.8, 4) is 0 Å². The van der Waals surface area contributed by atoms with Gasteiger partial charge in [-0.15, -0.1) is 0 Å². The summed E-state index contributed by atoms with van der Waals surface area (Å²) in [7, 11) is 4.02. The van der Waals surface area contributed by atoms with E-state index < -0.39 is 11.8 Å². The quantitative estimate of drug-likeness (QED) is 0.356. The Bertz CT molecular complexity index is 583. The summed E-state index contributed by atoms with van der Waals surface area (Å²) in [6.45, 7) is 2.89. The summed E-state index contributed by atoms with van der Waals surface area (Å²) in [6, 6.07) is 8.53. The van der Waals surface area contributed by atoms with Crippen molar-refractivity contribution in [2.45, 2.75) is 25.3 Å². The van der Waals surface area contributed by atoms with Crippen molar-refractivity contribution in [2.75, 3.05) is 51.8 Å². The zero-order chi connectivity index (χ0) is 18.9. The van der Waals surface area contributed by atoms with E-state index in [9.17, 15) is 9.59 Å². The van der Waals surface area contributed by atoms with Gasteiger partial charge in [-0.1, -0.05) is 12.1 Å². The Balaban J connectivity index is 1.99. The molecule has 0 bridgehead atoms. The number of aliphatic hydroxyl groups is 1. The zero-order valence-electron chi connectivity index (χ0n) is 15.8. The highest BCUT2D eigenvalue weighted by Gasteiger charge is 2.28. The number of anilines is 1. The van der Waals surface area contributed by atoms with Crippen LogP contribution >= 0.6 is 0 Å². The molecule has 0 unspecified atom stereocenters. The van der Waals surface area contributed by atoms with Crippen LogP contribution in [-0.4, -0.2) is 63.8 Å². The van der Waals surface area contributed by atoms with E-state index in [0.717, 1.165) is 18.8 Å². The van der Waals surface area contributed by atoms with Gasteiger partial charge in [-0.05, 0) is 18.6 Å². The molecule has 2 rings (SSSR count). The number of nitrogens with one attached hydrogen (secondary N) is 3. The normalized spacial score (nSPS) is 15.5. The van der Waals surface area contributed by atoms with Crippen LogP contribution in [0, 0.1) is 0 Å². The SMILES string of the molecule is CN(C)c1ccc([C@@H](CNC(=O)C(=O)NCCCO)[NH+]2CCCC2)cc1. The first-order chi connectivity index (χ1) is 12.5. The van der Waals surface area contributed by atoms with Gasteiger partial charge in [0.2, 0.25) is 0 Å². The van der Waals surface area contributed by atoms with E-state index in [1.807, 2.05) is 14.1 Å². The second-order valence-corrected chi connectivity index (χ2v) is 6.95. The number of benzene rings is 1. The van der Waals surface area contributed by atoms with Gasteiger partial charge in [0.05, 0.1) is 19.6 Å². The molecule has 0 aromatic heterocycles. The van der Waals surface area contributed by atoms with Crippen LogP contribution in [0.5, 0.6) is 0 Å². The van der Waals surface area contributed by atoms with Gasteiger partial charge in [0.15, 0.2) is 0 Å². The van der Waals surface area contributed by atoms with Gasteiger partial charge in [0, 0.05) is 51.3 Å². The van der Waals surface area contributed by atoms with Crippen molar-refractivity contribution in [3.63, 3.8) is 0 Å². The minimum absolute atomic E-state index is 0.00869. The van der Waals surface area contributed by atoms with Gasteiger partial charge < -0.3 is 25.5 Å². The van der Waals surface area contributed by atoms with Crippen LogP contribution in [0.25, 0.3) is 0 Å². The molecular formula is C19H31N4O3+.